The molecule has 1 aromatic carbocycles. The van der Waals surface area contributed by atoms with E-state index in [1.165, 1.54) is 5.56 Å². The molecule has 1 aliphatic rings. The topological polar surface area (TPSA) is 41.3 Å². The van der Waals surface area contributed by atoms with E-state index in [9.17, 15) is 5.11 Å². The monoisotopic (exact) mass is 335 g/mol. The van der Waals surface area contributed by atoms with Gasteiger partial charge in [0.1, 0.15) is 5.75 Å². The van der Waals surface area contributed by atoms with Crippen LogP contribution in [0.4, 0.5) is 0 Å². The molecule has 1 N–H and O–H groups in total. The summed E-state index contributed by atoms with van der Waals surface area (Å²) in [5, 5.41) is 13.9. The summed E-state index contributed by atoms with van der Waals surface area (Å²) < 4.78 is 3.11. The highest BCUT2D eigenvalue weighted by molar-refractivity contribution is 9.10. The minimum Gasteiger partial charge on any atom is -0.508 e. The van der Waals surface area contributed by atoms with Gasteiger partial charge in [-0.25, -0.2) is 0 Å². The number of piperidine rings is 1. The molecule has 2 heterocycles. The Bertz CT molecular complexity index is 576. The molecule has 4 nitrogen and oxygen atoms in total. The number of phenolic OH excluding ortho intramolecular Hbond substituents is 1. The van der Waals surface area contributed by atoms with Crippen LogP contribution in [0.2, 0.25) is 0 Å². The Kier molecular flexibility index (Phi) is 4.08. The van der Waals surface area contributed by atoms with E-state index in [-0.39, 0.29) is 0 Å². The number of hydrogen-bond acceptors (Lipinski definition) is 3. The van der Waals surface area contributed by atoms with Gasteiger partial charge in [-0.05, 0) is 46.5 Å². The first-order valence-corrected chi connectivity index (χ1v) is 7.70. The van der Waals surface area contributed by atoms with Crippen molar-refractivity contribution in [1.29, 1.82) is 0 Å². The molecule has 5 heteroatoms. The van der Waals surface area contributed by atoms with Crippen LogP contribution in [0.3, 0.4) is 0 Å². The Morgan fingerprint density at radius 1 is 1.30 bits per heavy atom. The van der Waals surface area contributed by atoms with Crippen LogP contribution in [0.25, 0.3) is 0 Å². The van der Waals surface area contributed by atoms with Crippen molar-refractivity contribution in [2.45, 2.75) is 25.4 Å². The van der Waals surface area contributed by atoms with Crippen molar-refractivity contribution in [3.05, 3.63) is 46.7 Å². The predicted molar refractivity (Wildman–Crippen MR) is 81.6 cm³/mol. The van der Waals surface area contributed by atoms with Gasteiger partial charge in [-0.1, -0.05) is 12.1 Å². The van der Waals surface area contributed by atoms with Gasteiger partial charge >= 0.3 is 0 Å². The molecule has 1 fully saturated rings. The molecule has 0 bridgehead atoms. The second kappa shape index (κ2) is 5.97. The fraction of sp³-hybridized carbons (Fsp3) is 0.400. The SMILES string of the molecule is Oc1cccc(CN2CCC(n3cc(Br)cn3)CC2)c1. The van der Waals surface area contributed by atoms with E-state index < -0.39 is 0 Å². The molecule has 0 spiro atoms. The van der Waals surface area contributed by atoms with E-state index in [1.807, 2.05) is 18.3 Å². The van der Waals surface area contributed by atoms with E-state index in [1.54, 1.807) is 6.07 Å². The molecule has 1 saturated heterocycles. The van der Waals surface area contributed by atoms with Gasteiger partial charge in [0.05, 0.1) is 16.7 Å². The number of aromatic nitrogens is 2. The summed E-state index contributed by atoms with van der Waals surface area (Å²) in [4.78, 5) is 2.43. The molecule has 1 aromatic heterocycles. The molecule has 1 aliphatic heterocycles. The maximum Gasteiger partial charge on any atom is 0.115 e. The minimum atomic E-state index is 0.346. The lowest BCUT2D eigenvalue weighted by atomic mass is 10.0. The van der Waals surface area contributed by atoms with Crippen LogP contribution in [0.5, 0.6) is 5.75 Å². The summed E-state index contributed by atoms with van der Waals surface area (Å²) >= 11 is 3.44. The number of rotatable bonds is 3. The first-order valence-electron chi connectivity index (χ1n) is 6.90. The quantitative estimate of drug-likeness (QED) is 0.936. The van der Waals surface area contributed by atoms with Crippen molar-refractivity contribution in [1.82, 2.24) is 14.7 Å². The van der Waals surface area contributed by atoms with Gasteiger partial charge in [0.2, 0.25) is 0 Å². The average Bonchev–Trinajstić information content (AvgIpc) is 2.86. The highest BCUT2D eigenvalue weighted by Crippen LogP contribution is 2.24. The zero-order valence-electron chi connectivity index (χ0n) is 11.2. The van der Waals surface area contributed by atoms with E-state index in [4.69, 9.17) is 0 Å². The number of nitrogens with zero attached hydrogens (tertiary/aromatic N) is 3. The highest BCUT2D eigenvalue weighted by atomic mass is 79.9. The van der Waals surface area contributed by atoms with Gasteiger partial charge in [0.15, 0.2) is 0 Å². The normalized spacial score (nSPS) is 17.4. The molecular formula is C15H18BrN3O. The summed E-state index contributed by atoms with van der Waals surface area (Å²) in [5.41, 5.74) is 1.17. The molecule has 3 rings (SSSR count). The van der Waals surface area contributed by atoms with Crippen LogP contribution in [-0.4, -0.2) is 32.9 Å². The summed E-state index contributed by atoms with van der Waals surface area (Å²) in [6, 6.07) is 8.03. The largest absolute Gasteiger partial charge is 0.508 e. The van der Waals surface area contributed by atoms with Crippen LogP contribution >= 0.6 is 15.9 Å². The van der Waals surface area contributed by atoms with Crippen LogP contribution in [0.1, 0.15) is 24.4 Å². The first kappa shape index (κ1) is 13.6. The third-order valence-electron chi connectivity index (χ3n) is 3.82. The fourth-order valence-corrected chi connectivity index (χ4v) is 3.07. The van der Waals surface area contributed by atoms with Gasteiger partial charge in [-0.15, -0.1) is 0 Å². The molecule has 0 atom stereocenters. The van der Waals surface area contributed by atoms with E-state index in [0.29, 0.717) is 11.8 Å². The van der Waals surface area contributed by atoms with E-state index >= 15 is 0 Å². The standard InChI is InChI=1S/C15H18BrN3O/c16-13-9-17-19(11-13)14-4-6-18(7-5-14)10-12-2-1-3-15(20)8-12/h1-3,8-9,11,14,20H,4-7,10H2. The minimum absolute atomic E-state index is 0.346. The molecule has 106 valence electrons. The summed E-state index contributed by atoms with van der Waals surface area (Å²) in [5.74, 6) is 0.346. The molecule has 0 unspecified atom stereocenters. The highest BCUT2D eigenvalue weighted by Gasteiger charge is 2.21. The Hall–Kier alpha value is -1.33. The Morgan fingerprint density at radius 3 is 2.75 bits per heavy atom. The fourth-order valence-electron chi connectivity index (χ4n) is 2.77. The first-order chi connectivity index (χ1) is 9.70. The zero-order valence-corrected chi connectivity index (χ0v) is 12.8. The Labute approximate surface area is 127 Å². The van der Waals surface area contributed by atoms with E-state index in [0.717, 1.165) is 36.9 Å². The lowest BCUT2D eigenvalue weighted by Crippen LogP contribution is -2.34. The summed E-state index contributed by atoms with van der Waals surface area (Å²) in [7, 11) is 0. The predicted octanol–water partition coefficient (Wildman–Crippen LogP) is 3.19. The second-order valence-corrected chi connectivity index (χ2v) is 6.23. The lowest BCUT2D eigenvalue weighted by molar-refractivity contribution is 0.173. The molecule has 20 heavy (non-hydrogen) atoms. The van der Waals surface area contributed by atoms with Crippen LogP contribution in [0, 0.1) is 0 Å². The summed E-state index contributed by atoms with van der Waals surface area (Å²) in [6.45, 7) is 3.04. The van der Waals surface area contributed by atoms with Crippen LogP contribution in [0.15, 0.2) is 41.1 Å². The van der Waals surface area contributed by atoms with Crippen LogP contribution < -0.4 is 0 Å². The maximum atomic E-state index is 9.50. The van der Waals surface area contributed by atoms with Crippen molar-refractivity contribution < 1.29 is 5.11 Å². The molecule has 0 radical (unpaired) electrons. The van der Waals surface area contributed by atoms with Gasteiger partial charge in [0.25, 0.3) is 0 Å². The molecular weight excluding hydrogens is 318 g/mol. The zero-order chi connectivity index (χ0) is 13.9. The number of benzene rings is 1. The van der Waals surface area contributed by atoms with Crippen LogP contribution in [-0.2, 0) is 6.54 Å². The van der Waals surface area contributed by atoms with Gasteiger partial charge < -0.3 is 5.11 Å². The molecule has 0 amide bonds. The molecule has 0 saturated carbocycles. The van der Waals surface area contributed by atoms with Crippen molar-refractivity contribution in [3.63, 3.8) is 0 Å². The number of aromatic hydroxyl groups is 1. The van der Waals surface area contributed by atoms with Crippen molar-refractivity contribution in [2.24, 2.45) is 0 Å². The number of halogens is 1. The Balaban J connectivity index is 1.56. The van der Waals surface area contributed by atoms with Gasteiger partial charge in [0, 0.05) is 25.8 Å². The molecule has 2 aromatic rings. The number of phenols is 1. The second-order valence-electron chi connectivity index (χ2n) is 5.32. The third-order valence-corrected chi connectivity index (χ3v) is 4.23. The van der Waals surface area contributed by atoms with Gasteiger partial charge in [-0.2, -0.15) is 5.10 Å². The Morgan fingerprint density at radius 2 is 2.10 bits per heavy atom. The number of likely N-dealkylation sites (tertiary alicyclic amines) is 1. The maximum absolute atomic E-state index is 9.50. The van der Waals surface area contributed by atoms with Crippen molar-refractivity contribution >= 4 is 15.9 Å². The third kappa shape index (κ3) is 3.22. The van der Waals surface area contributed by atoms with E-state index in [2.05, 4.69) is 42.9 Å². The van der Waals surface area contributed by atoms with Crippen molar-refractivity contribution in [2.75, 3.05) is 13.1 Å². The van der Waals surface area contributed by atoms with Gasteiger partial charge in [-0.3, -0.25) is 9.58 Å². The number of hydrogen-bond donors (Lipinski definition) is 1. The summed E-state index contributed by atoms with van der Waals surface area (Å²) in [6.07, 6.45) is 6.13. The lowest BCUT2D eigenvalue weighted by Gasteiger charge is -2.32. The van der Waals surface area contributed by atoms with Crippen molar-refractivity contribution in [3.8, 4) is 5.75 Å². The smallest absolute Gasteiger partial charge is 0.115 e. The average molecular weight is 336 g/mol. The molecule has 0 aliphatic carbocycles.